The third-order valence-electron chi connectivity index (χ3n) is 2.64. The monoisotopic (exact) mass is 314 g/mol. The lowest BCUT2D eigenvalue weighted by molar-refractivity contribution is 0.480. The highest BCUT2D eigenvalue weighted by Crippen LogP contribution is 2.22. The van der Waals surface area contributed by atoms with Gasteiger partial charge in [-0.3, -0.25) is 4.55 Å². The molecule has 122 valence electrons. The van der Waals surface area contributed by atoms with Crippen LogP contribution in [0, 0.1) is 6.92 Å². The quantitative estimate of drug-likeness (QED) is 0.646. The van der Waals surface area contributed by atoms with Gasteiger partial charge in [0.2, 0.25) is 0 Å². The summed E-state index contributed by atoms with van der Waals surface area (Å²) in [6, 6.07) is 8.69. The Balaban J connectivity index is 0. The van der Waals surface area contributed by atoms with Gasteiger partial charge in [-0.15, -0.1) is 13.2 Å². The molecule has 0 spiro atoms. The summed E-state index contributed by atoms with van der Waals surface area (Å²) in [7, 11) is -3.69. The van der Waals surface area contributed by atoms with Gasteiger partial charge in [-0.05, 0) is 24.3 Å². The number of benzene rings is 1. The van der Waals surface area contributed by atoms with Crippen LogP contribution in [0.2, 0.25) is 0 Å². The molecular formula is C17H30O3S. The van der Waals surface area contributed by atoms with Crippen molar-refractivity contribution in [3.63, 3.8) is 0 Å². The van der Waals surface area contributed by atoms with Gasteiger partial charge in [-0.25, -0.2) is 0 Å². The maximum absolute atomic E-state index is 9.95. The summed E-state index contributed by atoms with van der Waals surface area (Å²) in [5.41, 5.74) is 3.04. The first-order valence-corrected chi connectivity index (χ1v) is 8.69. The Hall–Kier alpha value is -1.13. The third kappa shape index (κ3) is 13.6. The highest BCUT2D eigenvalue weighted by atomic mass is 32.2. The Morgan fingerprint density at radius 2 is 1.71 bits per heavy atom. The first kappa shape index (κ1) is 22.2. The third-order valence-corrected chi connectivity index (χ3v) is 3.44. The molecule has 0 saturated heterocycles. The molecule has 0 radical (unpaired) electrons. The van der Waals surface area contributed by atoms with Gasteiger partial charge in [-0.1, -0.05) is 63.9 Å². The van der Waals surface area contributed by atoms with Crippen LogP contribution in [0.1, 0.15) is 51.7 Å². The van der Waals surface area contributed by atoms with E-state index in [0.29, 0.717) is 6.42 Å². The van der Waals surface area contributed by atoms with Gasteiger partial charge >= 0.3 is 0 Å². The van der Waals surface area contributed by atoms with Gasteiger partial charge in [0, 0.05) is 0 Å². The van der Waals surface area contributed by atoms with Crippen molar-refractivity contribution in [1.82, 2.24) is 0 Å². The van der Waals surface area contributed by atoms with E-state index in [4.69, 9.17) is 4.55 Å². The molecule has 0 amide bonds. The van der Waals surface area contributed by atoms with Gasteiger partial charge in [0.25, 0.3) is 10.1 Å². The summed E-state index contributed by atoms with van der Waals surface area (Å²) >= 11 is 0. The van der Waals surface area contributed by atoms with Crippen molar-refractivity contribution < 1.29 is 13.0 Å². The first-order valence-electron chi connectivity index (χ1n) is 7.08. The van der Waals surface area contributed by atoms with Gasteiger partial charge in [0.1, 0.15) is 0 Å². The van der Waals surface area contributed by atoms with Crippen molar-refractivity contribution in [1.29, 1.82) is 0 Å². The highest BCUT2D eigenvalue weighted by Gasteiger charge is 2.12. The Morgan fingerprint density at radius 3 is 1.95 bits per heavy atom. The molecule has 0 aliphatic rings. The van der Waals surface area contributed by atoms with Gasteiger partial charge < -0.3 is 0 Å². The van der Waals surface area contributed by atoms with Crippen molar-refractivity contribution >= 4 is 10.1 Å². The van der Waals surface area contributed by atoms with E-state index in [1.807, 2.05) is 6.92 Å². The van der Waals surface area contributed by atoms with Crippen LogP contribution in [0.15, 0.2) is 37.4 Å². The highest BCUT2D eigenvalue weighted by molar-refractivity contribution is 7.85. The molecule has 1 aromatic rings. The van der Waals surface area contributed by atoms with Crippen molar-refractivity contribution in [3.05, 3.63) is 48.6 Å². The summed E-state index contributed by atoms with van der Waals surface area (Å²) in [6.45, 7) is 16.7. The second-order valence-electron chi connectivity index (χ2n) is 5.76. The molecule has 0 saturated carbocycles. The molecule has 0 aliphatic carbocycles. The molecule has 0 aromatic heterocycles. The van der Waals surface area contributed by atoms with E-state index >= 15 is 0 Å². The fourth-order valence-corrected chi connectivity index (χ4v) is 2.09. The van der Waals surface area contributed by atoms with E-state index in [2.05, 4.69) is 65.1 Å². The number of rotatable bonds is 3. The fourth-order valence-electron chi connectivity index (χ4n) is 1.44. The second kappa shape index (κ2) is 10.6. The number of hydrogen-bond donors (Lipinski definition) is 1. The molecule has 4 heteroatoms. The SMILES string of the molecule is C=C.CCCCS(=O)(=O)O.Cc1cccc(C(C)(C)C)c1. The minimum Gasteiger partial charge on any atom is -0.286 e. The van der Waals surface area contributed by atoms with E-state index in [9.17, 15) is 8.42 Å². The lowest BCUT2D eigenvalue weighted by atomic mass is 9.86. The number of unbranched alkanes of at least 4 members (excludes halogenated alkanes) is 1. The summed E-state index contributed by atoms with van der Waals surface area (Å²) in [4.78, 5) is 0. The summed E-state index contributed by atoms with van der Waals surface area (Å²) in [6.07, 6.45) is 1.33. The lowest BCUT2D eigenvalue weighted by Crippen LogP contribution is -2.10. The van der Waals surface area contributed by atoms with Gasteiger partial charge in [-0.2, -0.15) is 8.42 Å². The Morgan fingerprint density at radius 1 is 1.19 bits per heavy atom. The number of aryl methyl sites for hydroxylation is 1. The van der Waals surface area contributed by atoms with Crippen LogP contribution in [0.4, 0.5) is 0 Å². The minimum atomic E-state index is -3.69. The molecule has 0 unspecified atom stereocenters. The van der Waals surface area contributed by atoms with Crippen LogP contribution in [0.25, 0.3) is 0 Å². The average molecular weight is 314 g/mol. The summed E-state index contributed by atoms with van der Waals surface area (Å²) < 4.78 is 28.0. The minimum absolute atomic E-state index is 0.108. The van der Waals surface area contributed by atoms with E-state index in [0.717, 1.165) is 6.42 Å². The average Bonchev–Trinajstić information content (AvgIpc) is 2.38. The number of hydrogen-bond acceptors (Lipinski definition) is 2. The van der Waals surface area contributed by atoms with Crippen LogP contribution in [-0.4, -0.2) is 18.7 Å². The zero-order chi connectivity index (χ0) is 17.1. The summed E-state index contributed by atoms with van der Waals surface area (Å²) in [5.74, 6) is -0.108. The largest absolute Gasteiger partial charge is 0.286 e. The second-order valence-corrected chi connectivity index (χ2v) is 7.33. The zero-order valence-corrected chi connectivity index (χ0v) is 14.8. The molecule has 0 bridgehead atoms. The smallest absolute Gasteiger partial charge is 0.264 e. The Labute approximate surface area is 130 Å². The van der Waals surface area contributed by atoms with Crippen molar-refractivity contribution in [2.75, 3.05) is 5.75 Å². The zero-order valence-electron chi connectivity index (χ0n) is 14.0. The van der Waals surface area contributed by atoms with Crippen LogP contribution in [-0.2, 0) is 15.5 Å². The molecule has 3 nitrogen and oxygen atoms in total. The maximum Gasteiger partial charge on any atom is 0.264 e. The predicted octanol–water partition coefficient (Wildman–Crippen LogP) is 4.77. The predicted molar refractivity (Wildman–Crippen MR) is 92.5 cm³/mol. The van der Waals surface area contributed by atoms with E-state index in [-0.39, 0.29) is 11.2 Å². The van der Waals surface area contributed by atoms with Crippen LogP contribution >= 0.6 is 0 Å². The molecule has 21 heavy (non-hydrogen) atoms. The first-order chi connectivity index (χ1) is 9.56. The standard InChI is InChI=1S/C11H16.C4H10O3S.C2H4/c1-9-6-5-7-10(8-9)11(2,3)4;1-2-3-4-8(5,6)7;1-2/h5-8H,1-4H3;2-4H2,1H3,(H,5,6,7);1-2H2. The van der Waals surface area contributed by atoms with Gasteiger partial charge in [0.05, 0.1) is 5.75 Å². The van der Waals surface area contributed by atoms with Crippen LogP contribution < -0.4 is 0 Å². The lowest BCUT2D eigenvalue weighted by Gasteiger charge is -2.19. The normalized spacial score (nSPS) is 10.8. The molecule has 0 atom stereocenters. The molecule has 1 aromatic carbocycles. The molecule has 1 N–H and O–H groups in total. The Bertz CT molecular complexity index is 485. The van der Waals surface area contributed by atoms with Crippen molar-refractivity contribution in [2.24, 2.45) is 0 Å². The molecule has 0 heterocycles. The van der Waals surface area contributed by atoms with Crippen LogP contribution in [0.3, 0.4) is 0 Å². The topological polar surface area (TPSA) is 54.4 Å². The molecule has 0 fully saturated rings. The molecule has 1 rings (SSSR count). The van der Waals surface area contributed by atoms with E-state index in [1.165, 1.54) is 11.1 Å². The van der Waals surface area contributed by atoms with Crippen LogP contribution in [0.5, 0.6) is 0 Å². The fraction of sp³-hybridized carbons (Fsp3) is 0.529. The van der Waals surface area contributed by atoms with Crippen molar-refractivity contribution in [2.45, 2.75) is 52.9 Å². The maximum atomic E-state index is 9.95. The molecular weight excluding hydrogens is 284 g/mol. The Kier molecular flexibility index (Phi) is 11.2. The summed E-state index contributed by atoms with van der Waals surface area (Å²) in [5, 5.41) is 0. The van der Waals surface area contributed by atoms with E-state index in [1.54, 1.807) is 0 Å². The molecule has 0 aliphatic heterocycles. The van der Waals surface area contributed by atoms with E-state index < -0.39 is 10.1 Å². The van der Waals surface area contributed by atoms with Gasteiger partial charge in [0.15, 0.2) is 0 Å². The van der Waals surface area contributed by atoms with Crippen molar-refractivity contribution in [3.8, 4) is 0 Å².